The molecule has 1 aliphatic heterocycles. The molecule has 0 spiro atoms. The third-order valence-electron chi connectivity index (χ3n) is 3.25. The molecule has 0 saturated carbocycles. The second kappa shape index (κ2) is 6.59. The number of rotatable bonds is 4. The van der Waals surface area contributed by atoms with E-state index in [0.29, 0.717) is 13.0 Å². The van der Waals surface area contributed by atoms with E-state index in [2.05, 4.69) is 5.32 Å². The van der Waals surface area contributed by atoms with E-state index >= 15 is 0 Å². The van der Waals surface area contributed by atoms with Gasteiger partial charge in [0.1, 0.15) is 6.04 Å². The van der Waals surface area contributed by atoms with Crippen molar-refractivity contribution in [2.75, 3.05) is 13.6 Å². The highest BCUT2D eigenvalue weighted by Gasteiger charge is 2.33. The quantitative estimate of drug-likeness (QED) is 0.740. The number of likely N-dealkylation sites (tertiary alicyclic amines) is 1. The summed E-state index contributed by atoms with van der Waals surface area (Å²) in [5, 5.41) is 2.62. The Hall–Kier alpha value is -1.10. The lowest BCUT2D eigenvalue weighted by Gasteiger charge is -2.35. The maximum atomic E-state index is 12.1. The molecular formula is C12H23N3O2. The first-order valence-corrected chi connectivity index (χ1v) is 6.39. The van der Waals surface area contributed by atoms with E-state index in [1.807, 2.05) is 6.92 Å². The Bertz CT molecular complexity index is 281. The van der Waals surface area contributed by atoms with Gasteiger partial charge in [-0.05, 0) is 25.7 Å². The van der Waals surface area contributed by atoms with E-state index < -0.39 is 6.04 Å². The largest absolute Gasteiger partial charge is 0.357 e. The summed E-state index contributed by atoms with van der Waals surface area (Å²) in [4.78, 5) is 25.5. The number of hydrogen-bond acceptors (Lipinski definition) is 3. The van der Waals surface area contributed by atoms with Crippen molar-refractivity contribution in [2.45, 2.75) is 51.1 Å². The lowest BCUT2D eigenvalue weighted by Crippen LogP contribution is -2.55. The minimum absolute atomic E-state index is 0.0817. The molecule has 98 valence electrons. The van der Waals surface area contributed by atoms with Gasteiger partial charge in [-0.1, -0.05) is 13.3 Å². The average molecular weight is 241 g/mol. The lowest BCUT2D eigenvalue weighted by atomic mass is 9.99. The van der Waals surface area contributed by atoms with Crippen LogP contribution in [0, 0.1) is 0 Å². The maximum Gasteiger partial charge on any atom is 0.242 e. The van der Waals surface area contributed by atoms with Crippen LogP contribution in [0.15, 0.2) is 0 Å². The van der Waals surface area contributed by atoms with Crippen molar-refractivity contribution < 1.29 is 9.59 Å². The number of hydrogen-bond donors (Lipinski definition) is 2. The molecule has 1 saturated heterocycles. The van der Waals surface area contributed by atoms with Crippen LogP contribution in [0.2, 0.25) is 0 Å². The van der Waals surface area contributed by atoms with Crippen molar-refractivity contribution in [2.24, 2.45) is 5.73 Å². The van der Waals surface area contributed by atoms with Gasteiger partial charge in [-0.15, -0.1) is 0 Å². The van der Waals surface area contributed by atoms with Gasteiger partial charge < -0.3 is 16.0 Å². The second-order valence-electron chi connectivity index (χ2n) is 4.55. The highest BCUT2D eigenvalue weighted by molar-refractivity contribution is 5.89. The third-order valence-corrected chi connectivity index (χ3v) is 3.25. The molecule has 5 heteroatoms. The Morgan fingerprint density at radius 2 is 2.18 bits per heavy atom. The van der Waals surface area contributed by atoms with Crippen LogP contribution >= 0.6 is 0 Å². The molecule has 3 N–H and O–H groups in total. The molecule has 2 atom stereocenters. The number of likely N-dealkylation sites (N-methyl/N-ethyl adjacent to an activating group) is 1. The summed E-state index contributed by atoms with van der Waals surface area (Å²) < 4.78 is 0. The fourth-order valence-corrected chi connectivity index (χ4v) is 2.28. The lowest BCUT2D eigenvalue weighted by molar-refractivity contribution is -0.143. The zero-order valence-corrected chi connectivity index (χ0v) is 10.7. The Balaban J connectivity index is 2.70. The van der Waals surface area contributed by atoms with Crippen molar-refractivity contribution in [3.63, 3.8) is 0 Å². The molecule has 17 heavy (non-hydrogen) atoms. The zero-order valence-electron chi connectivity index (χ0n) is 10.7. The molecule has 2 amide bonds. The minimum Gasteiger partial charge on any atom is -0.357 e. The highest BCUT2D eigenvalue weighted by atomic mass is 16.2. The van der Waals surface area contributed by atoms with Crippen molar-refractivity contribution in [1.29, 1.82) is 0 Å². The first-order valence-electron chi connectivity index (χ1n) is 6.39. The van der Waals surface area contributed by atoms with E-state index in [-0.39, 0.29) is 17.9 Å². The molecular weight excluding hydrogens is 218 g/mol. The van der Waals surface area contributed by atoms with Gasteiger partial charge in [-0.3, -0.25) is 9.59 Å². The van der Waals surface area contributed by atoms with E-state index in [1.54, 1.807) is 11.9 Å². The molecule has 0 aromatic heterocycles. The summed E-state index contributed by atoms with van der Waals surface area (Å²) in [6.07, 6.45) is 4.24. The van der Waals surface area contributed by atoms with Gasteiger partial charge in [0.15, 0.2) is 0 Å². The molecule has 1 fully saturated rings. The van der Waals surface area contributed by atoms with Gasteiger partial charge in [0, 0.05) is 13.6 Å². The first-order chi connectivity index (χ1) is 8.11. The molecule has 0 aromatic rings. The Labute approximate surface area is 103 Å². The van der Waals surface area contributed by atoms with Gasteiger partial charge in [0.05, 0.1) is 6.04 Å². The normalized spacial score (nSPS) is 22.1. The Morgan fingerprint density at radius 3 is 2.76 bits per heavy atom. The summed E-state index contributed by atoms with van der Waals surface area (Å²) in [6, 6.07) is -0.797. The van der Waals surface area contributed by atoms with E-state index in [4.69, 9.17) is 5.73 Å². The van der Waals surface area contributed by atoms with Gasteiger partial charge in [0.2, 0.25) is 11.8 Å². The highest BCUT2D eigenvalue weighted by Crippen LogP contribution is 2.18. The summed E-state index contributed by atoms with van der Waals surface area (Å²) in [5.41, 5.74) is 5.84. The van der Waals surface area contributed by atoms with Crippen LogP contribution in [0.3, 0.4) is 0 Å². The number of carbonyl (C=O) groups excluding carboxylic acids is 2. The number of carbonyl (C=O) groups is 2. The van der Waals surface area contributed by atoms with Crippen LogP contribution in [-0.2, 0) is 9.59 Å². The standard InChI is InChI=1S/C12H23N3O2/c1-3-6-9(13)12(17)15-8-5-4-7-10(15)11(16)14-2/h9-10H,3-8,13H2,1-2H3,(H,14,16)/t9-,10?/m1/s1. The smallest absolute Gasteiger partial charge is 0.242 e. The molecule has 0 aliphatic carbocycles. The van der Waals surface area contributed by atoms with Gasteiger partial charge in [-0.2, -0.15) is 0 Å². The van der Waals surface area contributed by atoms with E-state index in [0.717, 1.165) is 25.7 Å². The summed E-state index contributed by atoms with van der Waals surface area (Å²) >= 11 is 0. The van der Waals surface area contributed by atoms with Crippen molar-refractivity contribution in [1.82, 2.24) is 10.2 Å². The van der Waals surface area contributed by atoms with Gasteiger partial charge >= 0.3 is 0 Å². The number of nitrogens with zero attached hydrogens (tertiary/aromatic N) is 1. The topological polar surface area (TPSA) is 75.4 Å². The van der Waals surface area contributed by atoms with Crippen LogP contribution in [0.5, 0.6) is 0 Å². The van der Waals surface area contributed by atoms with Crippen molar-refractivity contribution in [3.05, 3.63) is 0 Å². The summed E-state index contributed by atoms with van der Waals surface area (Å²) in [6.45, 7) is 2.65. The number of piperidine rings is 1. The van der Waals surface area contributed by atoms with Crippen LogP contribution in [-0.4, -0.2) is 42.4 Å². The van der Waals surface area contributed by atoms with Gasteiger partial charge in [-0.25, -0.2) is 0 Å². The van der Waals surface area contributed by atoms with E-state index in [9.17, 15) is 9.59 Å². The zero-order chi connectivity index (χ0) is 12.8. The molecule has 1 aliphatic rings. The number of amides is 2. The summed E-state index contributed by atoms with van der Waals surface area (Å²) in [5.74, 6) is -0.165. The molecule has 0 aromatic carbocycles. The predicted octanol–water partition coefficient (Wildman–Crippen LogP) is 0.241. The Kier molecular flexibility index (Phi) is 5.41. The Morgan fingerprint density at radius 1 is 1.47 bits per heavy atom. The SMILES string of the molecule is CCC[C@@H](N)C(=O)N1CCCCC1C(=O)NC. The van der Waals surface area contributed by atoms with Gasteiger partial charge in [0.25, 0.3) is 0 Å². The number of nitrogens with one attached hydrogen (secondary N) is 1. The third kappa shape index (κ3) is 3.43. The molecule has 0 radical (unpaired) electrons. The first kappa shape index (κ1) is 14.0. The minimum atomic E-state index is -0.467. The average Bonchev–Trinajstić information content (AvgIpc) is 2.37. The molecule has 1 rings (SSSR count). The van der Waals surface area contributed by atoms with E-state index in [1.165, 1.54) is 0 Å². The molecule has 5 nitrogen and oxygen atoms in total. The monoisotopic (exact) mass is 241 g/mol. The fourth-order valence-electron chi connectivity index (χ4n) is 2.28. The fraction of sp³-hybridized carbons (Fsp3) is 0.833. The number of nitrogens with two attached hydrogens (primary N) is 1. The predicted molar refractivity (Wildman–Crippen MR) is 66.3 cm³/mol. The van der Waals surface area contributed by atoms with Crippen LogP contribution in [0.4, 0.5) is 0 Å². The molecule has 0 bridgehead atoms. The van der Waals surface area contributed by atoms with Crippen LogP contribution < -0.4 is 11.1 Å². The van der Waals surface area contributed by atoms with Crippen molar-refractivity contribution in [3.8, 4) is 0 Å². The van der Waals surface area contributed by atoms with Crippen LogP contribution in [0.1, 0.15) is 39.0 Å². The van der Waals surface area contributed by atoms with Crippen LogP contribution in [0.25, 0.3) is 0 Å². The second-order valence-corrected chi connectivity index (χ2v) is 4.55. The summed E-state index contributed by atoms with van der Waals surface area (Å²) in [7, 11) is 1.60. The molecule has 1 heterocycles. The maximum absolute atomic E-state index is 12.1. The molecule has 1 unspecified atom stereocenters. The van der Waals surface area contributed by atoms with Crippen molar-refractivity contribution >= 4 is 11.8 Å².